The average molecular weight is 293 g/mol. The van der Waals surface area contributed by atoms with Crippen LogP contribution in [-0.2, 0) is 16.1 Å². The van der Waals surface area contributed by atoms with Crippen molar-refractivity contribution in [1.82, 2.24) is 9.97 Å². The molecular weight excluding hydrogens is 270 g/mol. The Kier molecular flexibility index (Phi) is 4.52. The molecule has 0 bridgehead atoms. The highest BCUT2D eigenvalue weighted by molar-refractivity contribution is 5.50. The predicted octanol–water partition coefficient (Wildman–Crippen LogP) is 1.06. The van der Waals surface area contributed by atoms with E-state index in [1.807, 2.05) is 6.07 Å². The Labute approximate surface area is 124 Å². The van der Waals surface area contributed by atoms with E-state index >= 15 is 0 Å². The number of aromatic nitrogens is 2. The van der Waals surface area contributed by atoms with Crippen LogP contribution in [0.25, 0.3) is 0 Å². The molecule has 2 fully saturated rings. The van der Waals surface area contributed by atoms with Gasteiger partial charge in [0.15, 0.2) is 5.82 Å². The molecule has 0 radical (unpaired) electrons. The molecule has 1 aliphatic heterocycles. The van der Waals surface area contributed by atoms with Crippen molar-refractivity contribution >= 4 is 11.6 Å². The van der Waals surface area contributed by atoms with Crippen molar-refractivity contribution in [2.75, 3.05) is 30.6 Å². The first-order valence-corrected chi connectivity index (χ1v) is 7.53. The van der Waals surface area contributed by atoms with Gasteiger partial charge in [-0.3, -0.25) is 0 Å². The molecule has 3 rings (SSSR count). The van der Waals surface area contributed by atoms with Gasteiger partial charge in [0.1, 0.15) is 18.2 Å². The second-order valence-electron chi connectivity index (χ2n) is 5.56. The second-order valence-corrected chi connectivity index (χ2v) is 5.56. The van der Waals surface area contributed by atoms with Gasteiger partial charge < -0.3 is 19.8 Å². The lowest BCUT2D eigenvalue weighted by Gasteiger charge is -2.44. The molecule has 2 aliphatic rings. The van der Waals surface area contributed by atoms with Crippen LogP contribution in [0.15, 0.2) is 6.07 Å². The first-order chi connectivity index (χ1) is 10.3. The standard InChI is InChI=1S/C14H23N5O2/c1-20-9-13-16-12(18-15)8-14(17-13)19-6-7-21-11-5-3-2-4-10(11)19/h8,10-11H,2-7,9,15H2,1H3,(H,16,17,18). The lowest BCUT2D eigenvalue weighted by molar-refractivity contribution is -0.00902. The van der Waals surface area contributed by atoms with Crippen molar-refractivity contribution in [2.45, 2.75) is 44.4 Å². The molecule has 1 aromatic heterocycles. The monoisotopic (exact) mass is 293 g/mol. The van der Waals surface area contributed by atoms with E-state index < -0.39 is 0 Å². The van der Waals surface area contributed by atoms with Crippen LogP contribution >= 0.6 is 0 Å². The Morgan fingerprint density at radius 3 is 3.10 bits per heavy atom. The Morgan fingerprint density at radius 1 is 1.43 bits per heavy atom. The molecule has 2 atom stereocenters. The van der Waals surface area contributed by atoms with E-state index in [0.29, 0.717) is 30.4 Å². The van der Waals surface area contributed by atoms with Gasteiger partial charge in [-0.15, -0.1) is 0 Å². The van der Waals surface area contributed by atoms with Gasteiger partial charge in [-0.05, 0) is 12.8 Å². The van der Waals surface area contributed by atoms with Gasteiger partial charge in [0.25, 0.3) is 0 Å². The molecule has 1 saturated carbocycles. The number of hydrogen-bond donors (Lipinski definition) is 2. The molecule has 3 N–H and O–H groups in total. The van der Waals surface area contributed by atoms with Gasteiger partial charge in [0.2, 0.25) is 0 Å². The SMILES string of the molecule is COCc1nc(NN)cc(N2CCOC3CCCCC32)n1. The van der Waals surface area contributed by atoms with E-state index in [2.05, 4.69) is 20.3 Å². The third-order valence-corrected chi connectivity index (χ3v) is 4.21. The molecule has 0 amide bonds. The van der Waals surface area contributed by atoms with Crippen LogP contribution in [0.1, 0.15) is 31.5 Å². The maximum Gasteiger partial charge on any atom is 0.158 e. The van der Waals surface area contributed by atoms with Crippen LogP contribution in [0.4, 0.5) is 11.6 Å². The van der Waals surface area contributed by atoms with E-state index in [1.54, 1.807) is 7.11 Å². The summed E-state index contributed by atoms with van der Waals surface area (Å²) in [5.41, 5.74) is 2.61. The molecule has 2 heterocycles. The van der Waals surface area contributed by atoms with Crippen LogP contribution < -0.4 is 16.2 Å². The number of nitrogens with one attached hydrogen (secondary N) is 1. The van der Waals surface area contributed by atoms with Crippen molar-refractivity contribution in [3.8, 4) is 0 Å². The van der Waals surface area contributed by atoms with Crippen LogP contribution in [-0.4, -0.2) is 42.4 Å². The predicted molar refractivity (Wildman–Crippen MR) is 79.9 cm³/mol. The van der Waals surface area contributed by atoms with E-state index in [1.165, 1.54) is 12.8 Å². The topological polar surface area (TPSA) is 85.5 Å². The van der Waals surface area contributed by atoms with Gasteiger partial charge in [-0.1, -0.05) is 12.8 Å². The maximum atomic E-state index is 5.92. The number of morpholine rings is 1. The highest BCUT2D eigenvalue weighted by Crippen LogP contribution is 2.31. The fourth-order valence-corrected chi connectivity index (χ4v) is 3.28. The van der Waals surface area contributed by atoms with E-state index in [0.717, 1.165) is 31.8 Å². The zero-order chi connectivity index (χ0) is 14.7. The summed E-state index contributed by atoms with van der Waals surface area (Å²) in [7, 11) is 1.64. The van der Waals surface area contributed by atoms with Crippen LogP contribution in [0.5, 0.6) is 0 Å². The summed E-state index contributed by atoms with van der Waals surface area (Å²) >= 11 is 0. The van der Waals surface area contributed by atoms with Gasteiger partial charge in [0.05, 0.1) is 18.8 Å². The number of rotatable bonds is 4. The molecule has 7 nitrogen and oxygen atoms in total. The highest BCUT2D eigenvalue weighted by Gasteiger charge is 2.35. The zero-order valence-electron chi connectivity index (χ0n) is 12.4. The summed E-state index contributed by atoms with van der Waals surface area (Å²) in [6.07, 6.45) is 5.11. The van der Waals surface area contributed by atoms with Gasteiger partial charge in [0, 0.05) is 19.7 Å². The number of ether oxygens (including phenoxy) is 2. The zero-order valence-corrected chi connectivity index (χ0v) is 12.4. The van der Waals surface area contributed by atoms with Crippen molar-refractivity contribution in [2.24, 2.45) is 5.84 Å². The molecule has 1 aromatic rings. The van der Waals surface area contributed by atoms with Crippen molar-refractivity contribution in [3.05, 3.63) is 11.9 Å². The van der Waals surface area contributed by atoms with E-state index in [9.17, 15) is 0 Å². The molecule has 2 unspecified atom stereocenters. The summed E-state index contributed by atoms with van der Waals surface area (Å²) in [4.78, 5) is 11.3. The molecule has 7 heteroatoms. The fraction of sp³-hybridized carbons (Fsp3) is 0.714. The molecule has 0 spiro atoms. The second kappa shape index (κ2) is 6.55. The lowest BCUT2D eigenvalue weighted by atomic mass is 9.90. The molecule has 1 aliphatic carbocycles. The molecule has 1 saturated heterocycles. The Balaban J connectivity index is 1.88. The Morgan fingerprint density at radius 2 is 2.29 bits per heavy atom. The summed E-state index contributed by atoms with van der Waals surface area (Å²) in [6, 6.07) is 2.30. The number of nitrogen functional groups attached to an aromatic ring is 1. The minimum absolute atomic E-state index is 0.322. The van der Waals surface area contributed by atoms with Gasteiger partial charge in [-0.25, -0.2) is 15.8 Å². The summed E-state index contributed by atoms with van der Waals surface area (Å²) in [5, 5.41) is 0. The normalized spacial score (nSPS) is 25.5. The molecule has 116 valence electrons. The highest BCUT2D eigenvalue weighted by atomic mass is 16.5. The van der Waals surface area contributed by atoms with Crippen molar-refractivity contribution < 1.29 is 9.47 Å². The van der Waals surface area contributed by atoms with E-state index in [-0.39, 0.29) is 0 Å². The molecule has 21 heavy (non-hydrogen) atoms. The van der Waals surface area contributed by atoms with Gasteiger partial charge >= 0.3 is 0 Å². The Bertz CT molecular complexity index is 482. The summed E-state index contributed by atoms with van der Waals surface area (Å²) in [6.45, 7) is 1.98. The fourth-order valence-electron chi connectivity index (χ4n) is 3.28. The first-order valence-electron chi connectivity index (χ1n) is 7.53. The lowest BCUT2D eigenvalue weighted by Crippen LogP contribution is -2.53. The number of nitrogens with two attached hydrogens (primary N) is 1. The quantitative estimate of drug-likeness (QED) is 0.634. The minimum Gasteiger partial charge on any atom is -0.377 e. The Hall–Kier alpha value is -1.44. The largest absolute Gasteiger partial charge is 0.377 e. The van der Waals surface area contributed by atoms with Crippen LogP contribution in [0, 0.1) is 0 Å². The molecular formula is C14H23N5O2. The minimum atomic E-state index is 0.322. The number of hydrazine groups is 1. The number of methoxy groups -OCH3 is 1. The van der Waals surface area contributed by atoms with Gasteiger partial charge in [-0.2, -0.15) is 0 Å². The summed E-state index contributed by atoms with van der Waals surface area (Å²) in [5.74, 6) is 7.69. The third kappa shape index (κ3) is 3.09. The summed E-state index contributed by atoms with van der Waals surface area (Å²) < 4.78 is 11.1. The maximum absolute atomic E-state index is 5.92. The number of hydrogen-bond acceptors (Lipinski definition) is 7. The number of nitrogens with zero attached hydrogens (tertiary/aromatic N) is 3. The van der Waals surface area contributed by atoms with Crippen LogP contribution in [0.3, 0.4) is 0 Å². The average Bonchev–Trinajstić information content (AvgIpc) is 2.54. The third-order valence-electron chi connectivity index (χ3n) is 4.21. The van der Waals surface area contributed by atoms with E-state index in [4.69, 9.17) is 15.3 Å². The number of anilines is 2. The number of fused-ring (bicyclic) bond motifs is 1. The van der Waals surface area contributed by atoms with Crippen molar-refractivity contribution in [3.63, 3.8) is 0 Å². The molecule has 0 aromatic carbocycles. The first kappa shape index (κ1) is 14.5. The van der Waals surface area contributed by atoms with Crippen LogP contribution in [0.2, 0.25) is 0 Å². The van der Waals surface area contributed by atoms with Crippen molar-refractivity contribution in [1.29, 1.82) is 0 Å². The smallest absolute Gasteiger partial charge is 0.158 e.